The number of anilines is 1. The van der Waals surface area contributed by atoms with Gasteiger partial charge in [0.2, 0.25) is 0 Å². The van der Waals surface area contributed by atoms with Crippen molar-refractivity contribution in [2.45, 2.75) is 6.18 Å². The van der Waals surface area contributed by atoms with Gasteiger partial charge in [-0.05, 0) is 36.4 Å². The molecule has 0 spiro atoms. The van der Waals surface area contributed by atoms with Crippen molar-refractivity contribution in [3.05, 3.63) is 77.1 Å². The number of alkyl halides is 3. The Bertz CT molecular complexity index is 1230. The predicted molar refractivity (Wildman–Crippen MR) is 105 cm³/mol. The van der Waals surface area contributed by atoms with Crippen LogP contribution in [0, 0.1) is 11.6 Å². The molecule has 0 saturated heterocycles. The molecule has 172 valence electrons. The summed E-state index contributed by atoms with van der Waals surface area (Å²) in [4.78, 5) is 27.7. The highest BCUT2D eigenvalue weighted by Gasteiger charge is 2.37. The number of para-hydroxylation sites is 1. The number of primary amides is 1. The van der Waals surface area contributed by atoms with Crippen LogP contribution in [-0.2, 0) is 6.18 Å². The summed E-state index contributed by atoms with van der Waals surface area (Å²) in [7, 11) is 1.12. The number of nitrogens with one attached hydrogen (secondary N) is 1. The normalized spacial score (nSPS) is 11.1. The number of hydrogen-bond acceptors (Lipinski definition) is 5. The van der Waals surface area contributed by atoms with Gasteiger partial charge < -0.3 is 20.5 Å². The molecule has 2 amide bonds. The summed E-state index contributed by atoms with van der Waals surface area (Å²) < 4.78 is 78.8. The third-order valence-corrected chi connectivity index (χ3v) is 4.26. The van der Waals surface area contributed by atoms with Crippen LogP contribution >= 0.6 is 0 Å². The quantitative estimate of drug-likeness (QED) is 0.519. The zero-order valence-corrected chi connectivity index (χ0v) is 16.7. The SMILES string of the molecule is COc1c(F)cccc1Oc1ccc(C(F)(F)F)c(F)c1C(=O)Nc1ccnc(C(N)=O)c1. The van der Waals surface area contributed by atoms with Gasteiger partial charge in [-0.2, -0.15) is 13.2 Å². The van der Waals surface area contributed by atoms with Gasteiger partial charge in [-0.15, -0.1) is 0 Å². The first-order valence-electron chi connectivity index (χ1n) is 9.00. The summed E-state index contributed by atoms with van der Waals surface area (Å²) in [6.07, 6.45) is -4.02. The summed E-state index contributed by atoms with van der Waals surface area (Å²) in [5, 5.41) is 2.16. The molecule has 0 saturated carbocycles. The third-order valence-electron chi connectivity index (χ3n) is 4.26. The van der Waals surface area contributed by atoms with Crippen LogP contribution in [0.25, 0.3) is 0 Å². The van der Waals surface area contributed by atoms with Gasteiger partial charge in [0, 0.05) is 11.9 Å². The van der Waals surface area contributed by atoms with Crippen molar-refractivity contribution in [2.24, 2.45) is 5.73 Å². The average molecular weight is 467 g/mol. The molecule has 3 N–H and O–H groups in total. The summed E-state index contributed by atoms with van der Waals surface area (Å²) in [5.41, 5.74) is 1.91. The minimum atomic E-state index is -5.12. The molecular formula is C21H14F5N3O4. The van der Waals surface area contributed by atoms with Crippen molar-refractivity contribution < 1.29 is 41.0 Å². The molecule has 0 radical (unpaired) electrons. The van der Waals surface area contributed by atoms with Crippen molar-refractivity contribution >= 4 is 17.5 Å². The highest BCUT2D eigenvalue weighted by atomic mass is 19.4. The summed E-state index contributed by atoms with van der Waals surface area (Å²) in [6.45, 7) is 0. The first-order valence-corrected chi connectivity index (χ1v) is 9.00. The topological polar surface area (TPSA) is 104 Å². The van der Waals surface area contributed by atoms with Gasteiger partial charge in [-0.25, -0.2) is 8.78 Å². The van der Waals surface area contributed by atoms with E-state index in [0.29, 0.717) is 12.1 Å². The Morgan fingerprint density at radius 3 is 2.42 bits per heavy atom. The number of rotatable bonds is 6. The molecule has 0 aliphatic heterocycles. The van der Waals surface area contributed by atoms with Crippen LogP contribution in [0.15, 0.2) is 48.7 Å². The van der Waals surface area contributed by atoms with Crippen LogP contribution in [0.1, 0.15) is 26.4 Å². The Morgan fingerprint density at radius 1 is 1.06 bits per heavy atom. The fourth-order valence-electron chi connectivity index (χ4n) is 2.80. The second-order valence-electron chi connectivity index (χ2n) is 6.42. The molecule has 0 aliphatic rings. The number of aromatic nitrogens is 1. The maximum absolute atomic E-state index is 14.9. The number of methoxy groups -OCH3 is 1. The Labute approximate surface area is 182 Å². The fraction of sp³-hybridized carbons (Fsp3) is 0.0952. The second kappa shape index (κ2) is 9.10. The van der Waals surface area contributed by atoms with E-state index >= 15 is 0 Å². The van der Waals surface area contributed by atoms with E-state index in [2.05, 4.69) is 10.3 Å². The van der Waals surface area contributed by atoms with Gasteiger partial charge >= 0.3 is 6.18 Å². The minimum absolute atomic E-state index is 0.102. The highest BCUT2D eigenvalue weighted by molar-refractivity contribution is 6.07. The lowest BCUT2D eigenvalue weighted by atomic mass is 10.1. The van der Waals surface area contributed by atoms with Gasteiger partial charge in [0.25, 0.3) is 11.8 Å². The number of carbonyl (C=O) groups excluding carboxylic acids is 2. The largest absolute Gasteiger partial charge is 0.490 e. The van der Waals surface area contributed by atoms with Crippen molar-refractivity contribution in [3.63, 3.8) is 0 Å². The molecule has 0 fully saturated rings. The van der Waals surface area contributed by atoms with Gasteiger partial charge in [-0.1, -0.05) is 6.07 Å². The van der Waals surface area contributed by atoms with Crippen LogP contribution in [0.2, 0.25) is 0 Å². The summed E-state index contributed by atoms with van der Waals surface area (Å²) in [5.74, 6) is -6.42. The van der Waals surface area contributed by atoms with Gasteiger partial charge in [-0.3, -0.25) is 14.6 Å². The zero-order chi connectivity index (χ0) is 24.3. The van der Waals surface area contributed by atoms with E-state index in [1.807, 2.05) is 0 Å². The summed E-state index contributed by atoms with van der Waals surface area (Å²) in [6, 6.07) is 6.80. The maximum atomic E-state index is 14.9. The van der Waals surface area contributed by atoms with Gasteiger partial charge in [0.1, 0.15) is 17.0 Å². The van der Waals surface area contributed by atoms with E-state index in [0.717, 1.165) is 25.4 Å². The fourth-order valence-corrected chi connectivity index (χ4v) is 2.80. The third kappa shape index (κ3) is 5.00. The molecule has 0 unspecified atom stereocenters. The number of hydrogen-bond donors (Lipinski definition) is 2. The van der Waals surface area contributed by atoms with Crippen molar-refractivity contribution in [1.82, 2.24) is 4.98 Å². The molecule has 1 heterocycles. The average Bonchev–Trinajstić information content (AvgIpc) is 2.73. The Kier molecular flexibility index (Phi) is 6.47. The number of halogens is 5. The van der Waals surface area contributed by atoms with Gasteiger partial charge in [0.15, 0.2) is 23.1 Å². The lowest BCUT2D eigenvalue weighted by Crippen LogP contribution is -2.19. The number of amides is 2. The number of pyridine rings is 1. The van der Waals surface area contributed by atoms with Crippen molar-refractivity contribution in [2.75, 3.05) is 12.4 Å². The molecule has 0 atom stereocenters. The maximum Gasteiger partial charge on any atom is 0.419 e. The molecule has 2 aromatic carbocycles. The smallest absolute Gasteiger partial charge is 0.419 e. The Morgan fingerprint density at radius 2 is 1.79 bits per heavy atom. The molecule has 3 rings (SSSR count). The van der Waals surface area contributed by atoms with E-state index in [1.54, 1.807) is 0 Å². The van der Waals surface area contributed by atoms with Crippen molar-refractivity contribution in [1.29, 1.82) is 0 Å². The lowest BCUT2D eigenvalue weighted by molar-refractivity contribution is -0.140. The predicted octanol–water partition coefficient (Wildman–Crippen LogP) is 4.53. The monoisotopic (exact) mass is 467 g/mol. The van der Waals surface area contributed by atoms with Crippen LogP contribution in [0.5, 0.6) is 17.2 Å². The Hall–Kier alpha value is -4.22. The van der Waals surface area contributed by atoms with E-state index in [4.69, 9.17) is 15.2 Å². The van der Waals surface area contributed by atoms with Crippen molar-refractivity contribution in [3.8, 4) is 17.2 Å². The molecule has 0 aliphatic carbocycles. The second-order valence-corrected chi connectivity index (χ2v) is 6.42. The number of nitrogens with two attached hydrogens (primary N) is 1. The standard InChI is InChI=1S/C21H14F5N3O4/c1-32-18-12(22)3-2-4-15(18)33-14-6-5-11(21(24,25)26)17(23)16(14)20(31)29-10-7-8-28-13(9-10)19(27)30/h2-9H,1H3,(H2,27,30)(H,28,29,31). The summed E-state index contributed by atoms with van der Waals surface area (Å²) >= 11 is 0. The first kappa shape index (κ1) is 23.4. The number of carbonyl (C=O) groups is 2. The van der Waals surface area contributed by atoms with Crippen LogP contribution in [-0.4, -0.2) is 23.9 Å². The molecule has 7 nitrogen and oxygen atoms in total. The zero-order valence-electron chi connectivity index (χ0n) is 16.7. The van der Waals surface area contributed by atoms with E-state index in [1.165, 1.54) is 18.2 Å². The number of nitrogens with zero attached hydrogens (tertiary/aromatic N) is 1. The van der Waals surface area contributed by atoms with Crippen LogP contribution < -0.4 is 20.5 Å². The molecule has 3 aromatic rings. The molecule has 0 bridgehead atoms. The lowest BCUT2D eigenvalue weighted by Gasteiger charge is -2.17. The Balaban J connectivity index is 2.09. The van der Waals surface area contributed by atoms with Crippen LogP contribution in [0.4, 0.5) is 27.6 Å². The van der Waals surface area contributed by atoms with Crippen LogP contribution in [0.3, 0.4) is 0 Å². The van der Waals surface area contributed by atoms with Gasteiger partial charge in [0.05, 0.1) is 12.7 Å². The minimum Gasteiger partial charge on any atom is -0.490 e. The highest BCUT2D eigenvalue weighted by Crippen LogP contribution is 2.39. The molecule has 1 aromatic heterocycles. The first-order chi connectivity index (χ1) is 15.5. The van der Waals surface area contributed by atoms with E-state index < -0.39 is 52.3 Å². The van der Waals surface area contributed by atoms with E-state index in [9.17, 15) is 31.5 Å². The molecular weight excluding hydrogens is 453 g/mol. The van der Waals surface area contributed by atoms with E-state index in [-0.39, 0.29) is 17.1 Å². The molecule has 12 heteroatoms. The number of ether oxygens (including phenoxy) is 2. The number of benzene rings is 2. The molecule has 33 heavy (non-hydrogen) atoms.